The van der Waals surface area contributed by atoms with E-state index >= 15 is 0 Å². The van der Waals surface area contributed by atoms with E-state index in [9.17, 15) is 4.39 Å². The number of H-pyrrole nitrogens is 1. The first-order chi connectivity index (χ1) is 13.1. The molecule has 0 aliphatic rings. The molecule has 4 N–H and O–H groups in total. The van der Waals surface area contributed by atoms with Gasteiger partial charge in [-0.15, -0.1) is 0 Å². The zero-order chi connectivity index (χ0) is 19.2. The average Bonchev–Trinajstić information content (AvgIpc) is 3.11. The fraction of sp³-hybridized carbons (Fsp3) is 0.278. The van der Waals surface area contributed by atoms with Gasteiger partial charge >= 0.3 is 0 Å². The van der Waals surface area contributed by atoms with Crippen molar-refractivity contribution in [1.82, 2.24) is 20.2 Å². The molecule has 0 radical (unpaired) electrons. The number of aromatic nitrogens is 4. The lowest BCUT2D eigenvalue weighted by molar-refractivity contribution is 0.310. The van der Waals surface area contributed by atoms with E-state index in [0.717, 1.165) is 5.69 Å². The van der Waals surface area contributed by atoms with Crippen LogP contribution in [0.3, 0.4) is 0 Å². The monoisotopic (exact) mass is 372 g/mol. The highest BCUT2D eigenvalue weighted by molar-refractivity contribution is 5.76. The van der Waals surface area contributed by atoms with Crippen molar-refractivity contribution < 1.29 is 13.9 Å². The zero-order valence-corrected chi connectivity index (χ0v) is 15.1. The molecule has 3 aromatic rings. The smallest absolute Gasteiger partial charge is 0.153 e. The lowest BCUT2D eigenvalue weighted by Crippen LogP contribution is -2.07. The van der Waals surface area contributed by atoms with Gasteiger partial charge in [0.2, 0.25) is 0 Å². The summed E-state index contributed by atoms with van der Waals surface area (Å²) in [7, 11) is 1.47. The summed E-state index contributed by atoms with van der Waals surface area (Å²) in [5.74, 6) is 1.33. The molecule has 0 saturated heterocycles. The molecule has 8 nitrogen and oxygen atoms in total. The van der Waals surface area contributed by atoms with Gasteiger partial charge in [-0.3, -0.25) is 10.1 Å². The molecule has 3 rings (SSSR count). The number of benzene rings is 1. The van der Waals surface area contributed by atoms with Gasteiger partial charge in [0.25, 0.3) is 0 Å². The first-order valence-corrected chi connectivity index (χ1v) is 8.42. The summed E-state index contributed by atoms with van der Waals surface area (Å²) in [5, 5.41) is 10.2. The van der Waals surface area contributed by atoms with Crippen molar-refractivity contribution in [2.45, 2.75) is 13.3 Å². The fourth-order valence-corrected chi connectivity index (χ4v) is 2.47. The van der Waals surface area contributed by atoms with Gasteiger partial charge in [-0.1, -0.05) is 0 Å². The highest BCUT2D eigenvalue weighted by Gasteiger charge is 2.18. The van der Waals surface area contributed by atoms with Gasteiger partial charge in [0.15, 0.2) is 5.82 Å². The van der Waals surface area contributed by atoms with Crippen LogP contribution < -0.4 is 20.5 Å². The molecule has 0 amide bonds. The van der Waals surface area contributed by atoms with Crippen LogP contribution in [-0.2, 0) is 0 Å². The number of methoxy groups -OCH3 is 1. The molecule has 0 saturated carbocycles. The molecule has 2 aromatic heterocycles. The van der Waals surface area contributed by atoms with Crippen LogP contribution in [0.5, 0.6) is 11.5 Å². The van der Waals surface area contributed by atoms with E-state index in [-0.39, 0.29) is 0 Å². The van der Waals surface area contributed by atoms with Crippen molar-refractivity contribution in [2.24, 2.45) is 5.73 Å². The van der Waals surface area contributed by atoms with E-state index in [1.807, 2.05) is 6.92 Å². The minimum atomic E-state index is -0.453. The van der Waals surface area contributed by atoms with Crippen molar-refractivity contribution in [3.63, 3.8) is 0 Å². The lowest BCUT2D eigenvalue weighted by atomic mass is 10.1. The van der Waals surface area contributed by atoms with Crippen LogP contribution in [0.2, 0.25) is 0 Å². The SMILES string of the molecule is COc1cc(F)cc(OCCCN)c1-c1cc(Nc2cnc(C)cn2)n[nH]1. The summed E-state index contributed by atoms with van der Waals surface area (Å²) in [6.45, 7) is 2.71. The number of nitrogens with zero attached hydrogens (tertiary/aromatic N) is 3. The third-order valence-corrected chi connectivity index (χ3v) is 3.74. The summed E-state index contributed by atoms with van der Waals surface area (Å²) in [5.41, 5.74) is 7.50. The second kappa shape index (κ2) is 8.45. The largest absolute Gasteiger partial charge is 0.496 e. The van der Waals surface area contributed by atoms with Gasteiger partial charge in [-0.2, -0.15) is 5.10 Å². The molecule has 0 aliphatic carbocycles. The molecule has 2 heterocycles. The van der Waals surface area contributed by atoms with Crippen LogP contribution >= 0.6 is 0 Å². The van der Waals surface area contributed by atoms with Crippen LogP contribution in [0.1, 0.15) is 12.1 Å². The summed E-state index contributed by atoms with van der Waals surface area (Å²) >= 11 is 0. The number of aryl methyl sites for hydroxylation is 1. The fourth-order valence-electron chi connectivity index (χ4n) is 2.47. The van der Waals surface area contributed by atoms with Gasteiger partial charge in [-0.05, 0) is 19.9 Å². The predicted octanol–water partition coefficient (Wildman–Crippen LogP) is 2.79. The van der Waals surface area contributed by atoms with E-state index in [0.29, 0.717) is 54.0 Å². The Morgan fingerprint density at radius 1 is 1.15 bits per heavy atom. The molecule has 0 fully saturated rings. The van der Waals surface area contributed by atoms with Crippen LogP contribution in [0.4, 0.5) is 16.0 Å². The highest BCUT2D eigenvalue weighted by Crippen LogP contribution is 2.39. The first kappa shape index (κ1) is 18.6. The van der Waals surface area contributed by atoms with Crippen molar-refractivity contribution in [2.75, 3.05) is 25.6 Å². The third-order valence-electron chi connectivity index (χ3n) is 3.74. The number of hydrogen-bond donors (Lipinski definition) is 3. The molecule has 0 unspecified atom stereocenters. The number of halogens is 1. The second-order valence-electron chi connectivity index (χ2n) is 5.81. The molecule has 1 aromatic carbocycles. The number of anilines is 2. The number of nitrogens with one attached hydrogen (secondary N) is 2. The first-order valence-electron chi connectivity index (χ1n) is 8.42. The third kappa shape index (κ3) is 4.50. The molecule has 0 bridgehead atoms. The number of ether oxygens (including phenoxy) is 2. The molecule has 27 heavy (non-hydrogen) atoms. The average molecular weight is 372 g/mol. The Morgan fingerprint density at radius 2 is 1.96 bits per heavy atom. The van der Waals surface area contributed by atoms with E-state index in [1.54, 1.807) is 18.5 Å². The minimum absolute atomic E-state index is 0.336. The molecule has 0 aliphatic heterocycles. The summed E-state index contributed by atoms with van der Waals surface area (Å²) in [6.07, 6.45) is 3.92. The lowest BCUT2D eigenvalue weighted by Gasteiger charge is -2.14. The van der Waals surface area contributed by atoms with Gasteiger partial charge in [0, 0.05) is 18.2 Å². The maximum absolute atomic E-state index is 13.9. The van der Waals surface area contributed by atoms with Gasteiger partial charge in [0.1, 0.15) is 23.1 Å². The van der Waals surface area contributed by atoms with Crippen molar-refractivity contribution in [1.29, 1.82) is 0 Å². The molecule has 0 atom stereocenters. The van der Waals surface area contributed by atoms with Crippen molar-refractivity contribution in [3.05, 3.63) is 42.1 Å². The van der Waals surface area contributed by atoms with Crippen molar-refractivity contribution >= 4 is 11.6 Å². The Balaban J connectivity index is 1.90. The van der Waals surface area contributed by atoms with Crippen molar-refractivity contribution in [3.8, 4) is 22.8 Å². The van der Waals surface area contributed by atoms with Crippen LogP contribution in [0.25, 0.3) is 11.3 Å². The maximum Gasteiger partial charge on any atom is 0.153 e. The number of rotatable bonds is 8. The van der Waals surface area contributed by atoms with Gasteiger partial charge in [-0.25, -0.2) is 9.37 Å². The Labute approximate surface area is 155 Å². The Hall–Kier alpha value is -3.20. The summed E-state index contributed by atoms with van der Waals surface area (Å²) in [4.78, 5) is 8.41. The molecular formula is C18H21FN6O2. The van der Waals surface area contributed by atoms with Gasteiger partial charge < -0.3 is 20.5 Å². The zero-order valence-electron chi connectivity index (χ0n) is 15.1. The van der Waals surface area contributed by atoms with E-state index in [1.165, 1.54) is 19.2 Å². The van der Waals surface area contributed by atoms with E-state index in [2.05, 4.69) is 25.5 Å². The van der Waals surface area contributed by atoms with Crippen LogP contribution in [0.15, 0.2) is 30.6 Å². The Morgan fingerprint density at radius 3 is 2.67 bits per heavy atom. The van der Waals surface area contributed by atoms with Crippen LogP contribution in [0, 0.1) is 12.7 Å². The molecular weight excluding hydrogens is 351 g/mol. The second-order valence-corrected chi connectivity index (χ2v) is 5.81. The normalized spacial score (nSPS) is 10.7. The minimum Gasteiger partial charge on any atom is -0.496 e. The van der Waals surface area contributed by atoms with E-state index < -0.39 is 5.82 Å². The summed E-state index contributed by atoms with van der Waals surface area (Å²) < 4.78 is 24.9. The number of hydrogen-bond acceptors (Lipinski definition) is 7. The molecule has 142 valence electrons. The Bertz CT molecular complexity index is 897. The van der Waals surface area contributed by atoms with Gasteiger partial charge in [0.05, 0.1) is 43.1 Å². The summed E-state index contributed by atoms with van der Waals surface area (Å²) in [6, 6.07) is 4.37. The standard InChI is InChI=1S/C18H21FN6O2/c1-11-9-22-17(10-21-11)23-16-8-13(24-25-16)18-14(26-2)6-12(19)7-15(18)27-5-3-4-20/h6-10H,3-5,20H2,1-2H3,(H2,22,23,24,25). The number of nitrogens with two attached hydrogens (primary N) is 1. The predicted molar refractivity (Wildman–Crippen MR) is 99.8 cm³/mol. The molecule has 0 spiro atoms. The topological polar surface area (TPSA) is 111 Å². The Kier molecular flexibility index (Phi) is 5.82. The highest BCUT2D eigenvalue weighted by atomic mass is 19.1. The molecule has 9 heteroatoms. The van der Waals surface area contributed by atoms with E-state index in [4.69, 9.17) is 15.2 Å². The maximum atomic E-state index is 13.9. The number of aromatic amines is 1. The van der Waals surface area contributed by atoms with Crippen LogP contribution in [-0.4, -0.2) is 40.4 Å². The quantitative estimate of drug-likeness (QED) is 0.521.